The van der Waals surface area contributed by atoms with Crippen LogP contribution in [-0.2, 0) is 11.2 Å². The van der Waals surface area contributed by atoms with Crippen LogP contribution in [0.15, 0.2) is 48.5 Å². The van der Waals surface area contributed by atoms with Crippen LogP contribution in [-0.4, -0.2) is 23.7 Å². The van der Waals surface area contributed by atoms with Crippen LogP contribution in [0.2, 0.25) is 0 Å². The molecule has 3 rings (SSSR count). The van der Waals surface area contributed by atoms with Crippen molar-refractivity contribution in [3.63, 3.8) is 0 Å². The van der Waals surface area contributed by atoms with Gasteiger partial charge in [-0.1, -0.05) is 12.1 Å². The van der Waals surface area contributed by atoms with E-state index in [2.05, 4.69) is 9.72 Å². The normalized spacial score (nSPS) is 10.6. The molecular formula is C21H16F4N4O3. The number of halogens is 4. The number of anilines is 2. The molecule has 0 aliphatic heterocycles. The Morgan fingerprint density at radius 3 is 2.22 bits per heavy atom. The van der Waals surface area contributed by atoms with Crippen LogP contribution >= 0.6 is 0 Å². The van der Waals surface area contributed by atoms with Gasteiger partial charge in [-0.3, -0.25) is 0 Å². The van der Waals surface area contributed by atoms with Gasteiger partial charge in [-0.05, 0) is 35.9 Å². The number of rotatable bonds is 6. The molecule has 0 aliphatic rings. The van der Waals surface area contributed by atoms with Crippen LogP contribution < -0.4 is 16.4 Å². The third kappa shape index (κ3) is 4.77. The number of aromatic nitrogens is 1. The summed E-state index contributed by atoms with van der Waals surface area (Å²) in [5, 5.41) is 0. The predicted octanol–water partition coefficient (Wildman–Crippen LogP) is 4.16. The Hall–Kier alpha value is -4.15. The zero-order valence-electron chi connectivity index (χ0n) is 16.3. The summed E-state index contributed by atoms with van der Waals surface area (Å²) in [6.07, 6.45) is -1.01. The second-order valence-corrected chi connectivity index (χ2v) is 6.46. The highest BCUT2D eigenvalue weighted by atomic mass is 19.1. The summed E-state index contributed by atoms with van der Waals surface area (Å²) < 4.78 is 61.2. The molecule has 0 radical (unpaired) electrons. The summed E-state index contributed by atoms with van der Waals surface area (Å²) in [7, 11) is 0. The van der Waals surface area contributed by atoms with Crippen molar-refractivity contribution in [1.82, 2.24) is 4.98 Å². The van der Waals surface area contributed by atoms with Crippen molar-refractivity contribution in [2.24, 2.45) is 11.5 Å². The quantitative estimate of drug-likeness (QED) is 0.552. The average molecular weight is 448 g/mol. The summed E-state index contributed by atoms with van der Waals surface area (Å²) in [6.45, 7) is -0.187. The van der Waals surface area contributed by atoms with E-state index < -0.39 is 41.1 Å². The number of primary amides is 2. The molecule has 0 spiro atoms. The fraction of sp³-hybridized carbons (Fsp3) is 0.0952. The topological polar surface area (TPSA) is 112 Å². The van der Waals surface area contributed by atoms with Crippen LogP contribution in [0.25, 0.3) is 11.3 Å². The molecule has 0 saturated carbocycles. The molecule has 3 aromatic rings. The molecule has 0 saturated heterocycles. The second-order valence-electron chi connectivity index (χ2n) is 6.46. The number of hydrogen-bond acceptors (Lipinski definition) is 4. The molecule has 7 nitrogen and oxygen atoms in total. The van der Waals surface area contributed by atoms with Gasteiger partial charge in [0, 0.05) is 18.1 Å². The van der Waals surface area contributed by atoms with Gasteiger partial charge < -0.3 is 16.2 Å². The van der Waals surface area contributed by atoms with Crippen LogP contribution in [0.5, 0.6) is 0 Å². The molecule has 0 atom stereocenters. The first-order valence-electron chi connectivity index (χ1n) is 9.10. The molecular weight excluding hydrogens is 432 g/mol. The monoisotopic (exact) mass is 448 g/mol. The molecule has 4 N–H and O–H groups in total. The number of pyridine rings is 1. The molecule has 0 bridgehead atoms. The molecule has 166 valence electrons. The number of carbonyl (C=O) groups excluding carboxylic acids is 2. The number of urea groups is 1. The van der Waals surface area contributed by atoms with Crippen molar-refractivity contribution >= 4 is 23.6 Å². The molecule has 3 amide bonds. The zero-order valence-corrected chi connectivity index (χ0v) is 16.3. The zero-order chi connectivity index (χ0) is 23.4. The van der Waals surface area contributed by atoms with E-state index in [1.165, 1.54) is 12.1 Å². The molecule has 32 heavy (non-hydrogen) atoms. The molecule has 0 unspecified atom stereocenters. The minimum absolute atomic E-state index is 0.0208. The van der Waals surface area contributed by atoms with Crippen LogP contribution in [0.4, 0.5) is 38.7 Å². The largest absolute Gasteiger partial charge is 0.449 e. The van der Waals surface area contributed by atoms with Crippen molar-refractivity contribution in [2.75, 3.05) is 11.5 Å². The Morgan fingerprint density at radius 1 is 0.938 bits per heavy atom. The van der Waals surface area contributed by atoms with Gasteiger partial charge in [0.05, 0.1) is 12.3 Å². The third-order valence-corrected chi connectivity index (χ3v) is 4.38. The number of carbonyl (C=O) groups is 2. The summed E-state index contributed by atoms with van der Waals surface area (Å²) in [6, 6.07) is 7.00. The lowest BCUT2D eigenvalue weighted by Gasteiger charge is -2.22. The standard InChI is InChI=1S/C21H16F4N4O3/c22-12-5-6-13(16(25)10-12)18-11(8-9-32-21(27)31)4-7-17(28-18)29(20(26)30)19-14(23)2-1-3-15(19)24/h1-7,10H,8-9H2,(H2,26,30)(H2,27,31). The van der Waals surface area contributed by atoms with Gasteiger partial charge in [-0.15, -0.1) is 0 Å². The van der Waals surface area contributed by atoms with E-state index in [0.717, 1.165) is 30.3 Å². The predicted molar refractivity (Wildman–Crippen MR) is 107 cm³/mol. The van der Waals surface area contributed by atoms with Crippen molar-refractivity contribution in [3.05, 3.63) is 77.4 Å². The SMILES string of the molecule is NC(=O)OCCc1ccc(N(C(N)=O)c2c(F)cccc2F)nc1-c1ccc(F)cc1F. The van der Waals surface area contributed by atoms with Crippen LogP contribution in [0.3, 0.4) is 0 Å². The van der Waals surface area contributed by atoms with Gasteiger partial charge in [0.2, 0.25) is 0 Å². The highest BCUT2D eigenvalue weighted by Crippen LogP contribution is 2.33. The highest BCUT2D eigenvalue weighted by Gasteiger charge is 2.25. The number of ether oxygens (including phenoxy) is 1. The summed E-state index contributed by atoms with van der Waals surface area (Å²) in [5.41, 5.74) is 9.57. The molecule has 1 heterocycles. The van der Waals surface area contributed by atoms with Crippen molar-refractivity contribution in [2.45, 2.75) is 6.42 Å². The van der Waals surface area contributed by atoms with E-state index in [1.807, 2.05) is 0 Å². The lowest BCUT2D eigenvalue weighted by molar-refractivity contribution is 0.158. The number of amides is 3. The first-order valence-corrected chi connectivity index (χ1v) is 9.10. The number of benzene rings is 2. The van der Waals surface area contributed by atoms with Crippen molar-refractivity contribution < 1.29 is 31.9 Å². The number of nitrogens with zero attached hydrogens (tertiary/aromatic N) is 2. The summed E-state index contributed by atoms with van der Waals surface area (Å²) in [5.74, 6) is -4.31. The molecule has 0 aliphatic carbocycles. The van der Waals surface area contributed by atoms with Crippen molar-refractivity contribution in [3.8, 4) is 11.3 Å². The molecule has 0 fully saturated rings. The van der Waals surface area contributed by atoms with Gasteiger partial charge in [-0.25, -0.2) is 37.0 Å². The Bertz CT molecular complexity index is 1170. The first-order chi connectivity index (χ1) is 15.2. The number of nitrogens with two attached hydrogens (primary N) is 2. The Labute approximate surface area is 179 Å². The maximum atomic E-state index is 14.5. The lowest BCUT2D eigenvalue weighted by Crippen LogP contribution is -2.33. The molecule has 11 heteroatoms. The van der Waals surface area contributed by atoms with Crippen LogP contribution in [0.1, 0.15) is 5.56 Å². The minimum Gasteiger partial charge on any atom is -0.449 e. The van der Waals surface area contributed by atoms with Gasteiger partial charge in [0.15, 0.2) is 0 Å². The summed E-state index contributed by atoms with van der Waals surface area (Å²) >= 11 is 0. The average Bonchev–Trinajstić information content (AvgIpc) is 2.71. The minimum atomic E-state index is -1.25. The van der Waals surface area contributed by atoms with Gasteiger partial charge >= 0.3 is 12.1 Å². The van der Waals surface area contributed by atoms with E-state index in [-0.39, 0.29) is 30.1 Å². The first kappa shape index (κ1) is 22.5. The smallest absolute Gasteiger partial charge is 0.404 e. The van der Waals surface area contributed by atoms with E-state index in [9.17, 15) is 27.2 Å². The van der Waals surface area contributed by atoms with E-state index >= 15 is 0 Å². The maximum absolute atomic E-state index is 14.5. The fourth-order valence-electron chi connectivity index (χ4n) is 3.02. The van der Waals surface area contributed by atoms with E-state index in [0.29, 0.717) is 16.5 Å². The number of para-hydroxylation sites is 1. The third-order valence-electron chi connectivity index (χ3n) is 4.38. The van der Waals surface area contributed by atoms with E-state index in [1.54, 1.807) is 0 Å². The van der Waals surface area contributed by atoms with Gasteiger partial charge in [0.1, 0.15) is 34.8 Å². The van der Waals surface area contributed by atoms with Gasteiger partial charge in [0.25, 0.3) is 0 Å². The summed E-state index contributed by atoms with van der Waals surface area (Å²) in [4.78, 5) is 27.6. The highest BCUT2D eigenvalue weighted by molar-refractivity contribution is 5.98. The number of hydrogen-bond donors (Lipinski definition) is 2. The maximum Gasteiger partial charge on any atom is 0.404 e. The van der Waals surface area contributed by atoms with E-state index in [4.69, 9.17) is 11.5 Å². The lowest BCUT2D eigenvalue weighted by atomic mass is 10.0. The molecule has 1 aromatic heterocycles. The Balaban J connectivity index is 2.16. The molecule has 2 aromatic carbocycles. The fourth-order valence-corrected chi connectivity index (χ4v) is 3.02. The van der Waals surface area contributed by atoms with Crippen LogP contribution in [0, 0.1) is 23.3 Å². The Kier molecular flexibility index (Phi) is 6.57. The van der Waals surface area contributed by atoms with Gasteiger partial charge in [-0.2, -0.15) is 0 Å². The second kappa shape index (κ2) is 9.33. The Morgan fingerprint density at radius 2 is 1.62 bits per heavy atom. The van der Waals surface area contributed by atoms with Crippen molar-refractivity contribution in [1.29, 1.82) is 0 Å².